The van der Waals surface area contributed by atoms with Gasteiger partial charge in [0.05, 0.1) is 13.2 Å². The number of amides is 1. The van der Waals surface area contributed by atoms with Crippen LogP contribution in [-0.2, 0) is 9.53 Å². The van der Waals surface area contributed by atoms with Crippen molar-refractivity contribution in [3.05, 3.63) is 0 Å². The molecule has 0 unspecified atom stereocenters. The van der Waals surface area contributed by atoms with E-state index in [1.807, 2.05) is 0 Å². The van der Waals surface area contributed by atoms with Crippen LogP contribution in [-0.4, -0.2) is 37.6 Å². The van der Waals surface area contributed by atoms with Gasteiger partial charge in [-0.1, -0.05) is 0 Å². The third-order valence-electron chi connectivity index (χ3n) is 1.19. The van der Waals surface area contributed by atoms with Gasteiger partial charge in [-0.05, 0) is 0 Å². The van der Waals surface area contributed by atoms with Crippen molar-refractivity contribution in [1.82, 2.24) is 11.1 Å². The van der Waals surface area contributed by atoms with Crippen molar-refractivity contribution in [1.29, 1.82) is 0 Å². The molecule has 0 aromatic heterocycles. The maximum atomic E-state index is 10.0. The van der Waals surface area contributed by atoms with E-state index >= 15 is 0 Å². The minimum Gasteiger partial charge on any atom is -0.378 e. The van der Waals surface area contributed by atoms with Gasteiger partial charge < -0.3 is 15.8 Å². The fraction of sp³-hybridized carbons (Fsp3) is 0.800. The lowest BCUT2D eigenvalue weighted by Crippen LogP contribution is -2.34. The fourth-order valence-corrected chi connectivity index (χ4v) is 0.683. The topological polar surface area (TPSA) is 64.5 Å². The molecule has 0 saturated carbocycles. The van der Waals surface area contributed by atoms with Gasteiger partial charge in [0.15, 0.2) is 0 Å². The molecule has 54 valence electrons. The third-order valence-corrected chi connectivity index (χ3v) is 1.19. The Hall–Kier alpha value is -0.610. The minimum absolute atomic E-state index is 0. The standard InChI is InChI=1S/C5H9NO2.H3N/c7-5-6-1-3-8-4-2-6;/h5H,1-4H2;1H3. The third kappa shape index (κ3) is 2.43. The molecule has 0 aliphatic carbocycles. The van der Waals surface area contributed by atoms with Crippen LogP contribution in [0.25, 0.3) is 0 Å². The number of hydrogen-bond acceptors (Lipinski definition) is 3. The lowest BCUT2D eigenvalue weighted by atomic mass is 10.5. The van der Waals surface area contributed by atoms with Gasteiger partial charge in [0.2, 0.25) is 6.41 Å². The molecule has 4 heteroatoms. The summed E-state index contributed by atoms with van der Waals surface area (Å²) in [6.07, 6.45) is 0.864. The Balaban J connectivity index is 0.000000640. The number of nitrogens with zero attached hydrogens (tertiary/aromatic N) is 1. The van der Waals surface area contributed by atoms with Crippen molar-refractivity contribution in [2.75, 3.05) is 26.3 Å². The van der Waals surface area contributed by atoms with E-state index in [1.165, 1.54) is 0 Å². The summed E-state index contributed by atoms with van der Waals surface area (Å²) >= 11 is 0. The van der Waals surface area contributed by atoms with E-state index in [2.05, 4.69) is 0 Å². The van der Waals surface area contributed by atoms with Crippen molar-refractivity contribution in [2.45, 2.75) is 0 Å². The van der Waals surface area contributed by atoms with E-state index < -0.39 is 0 Å². The van der Waals surface area contributed by atoms with Crippen molar-refractivity contribution in [2.24, 2.45) is 0 Å². The molecule has 1 aliphatic heterocycles. The van der Waals surface area contributed by atoms with Crippen LogP contribution in [0, 0.1) is 0 Å². The van der Waals surface area contributed by atoms with Crippen molar-refractivity contribution in [3.8, 4) is 0 Å². The second-order valence-corrected chi connectivity index (χ2v) is 1.75. The molecule has 9 heavy (non-hydrogen) atoms. The Labute approximate surface area is 54.4 Å². The van der Waals surface area contributed by atoms with Crippen molar-refractivity contribution < 1.29 is 9.53 Å². The molecule has 1 aliphatic rings. The van der Waals surface area contributed by atoms with Crippen LogP contribution in [0.3, 0.4) is 0 Å². The normalized spacial score (nSPS) is 18.4. The summed E-state index contributed by atoms with van der Waals surface area (Å²) < 4.78 is 5.00. The molecule has 0 bridgehead atoms. The van der Waals surface area contributed by atoms with Gasteiger partial charge >= 0.3 is 0 Å². The summed E-state index contributed by atoms with van der Waals surface area (Å²) in [4.78, 5) is 11.7. The molecule has 0 spiro atoms. The van der Waals surface area contributed by atoms with Crippen LogP contribution >= 0.6 is 0 Å². The van der Waals surface area contributed by atoms with Gasteiger partial charge in [-0.25, -0.2) is 0 Å². The molecule has 1 heterocycles. The molecule has 1 saturated heterocycles. The summed E-state index contributed by atoms with van der Waals surface area (Å²) in [5.41, 5.74) is 0. The summed E-state index contributed by atoms with van der Waals surface area (Å²) in [6, 6.07) is 0. The second-order valence-electron chi connectivity index (χ2n) is 1.75. The van der Waals surface area contributed by atoms with Crippen molar-refractivity contribution >= 4 is 6.41 Å². The first-order chi connectivity index (χ1) is 3.93. The van der Waals surface area contributed by atoms with Gasteiger partial charge in [0.1, 0.15) is 0 Å². The van der Waals surface area contributed by atoms with Crippen LogP contribution < -0.4 is 6.15 Å². The monoisotopic (exact) mass is 132 g/mol. The van der Waals surface area contributed by atoms with E-state index in [4.69, 9.17) is 4.74 Å². The molecule has 0 aromatic rings. The number of carbonyl (C=O) groups excluding carboxylic acids is 1. The van der Waals surface area contributed by atoms with Crippen LogP contribution in [0.15, 0.2) is 0 Å². The lowest BCUT2D eigenvalue weighted by molar-refractivity contribution is -0.121. The smallest absolute Gasteiger partial charge is 0.209 e. The lowest BCUT2D eigenvalue weighted by Gasteiger charge is -2.21. The predicted octanol–water partition coefficient (Wildman–Crippen LogP) is -0.363. The molecule has 0 aromatic carbocycles. The first-order valence-electron chi connectivity index (χ1n) is 2.70. The number of carbonyl (C=O) groups is 1. The highest BCUT2D eigenvalue weighted by atomic mass is 16.5. The highest BCUT2D eigenvalue weighted by Gasteiger charge is 2.05. The van der Waals surface area contributed by atoms with E-state index in [9.17, 15) is 4.79 Å². The van der Waals surface area contributed by atoms with E-state index in [-0.39, 0.29) is 6.15 Å². The summed E-state index contributed by atoms with van der Waals surface area (Å²) in [5, 5.41) is 0. The predicted molar refractivity (Wildman–Crippen MR) is 33.5 cm³/mol. The number of rotatable bonds is 1. The van der Waals surface area contributed by atoms with Crippen LogP contribution in [0.1, 0.15) is 0 Å². The first-order valence-corrected chi connectivity index (χ1v) is 2.70. The Morgan fingerprint density at radius 2 is 1.89 bits per heavy atom. The zero-order chi connectivity index (χ0) is 5.82. The molecule has 1 amide bonds. The largest absolute Gasteiger partial charge is 0.378 e. The zero-order valence-corrected chi connectivity index (χ0v) is 5.38. The quantitative estimate of drug-likeness (QED) is 0.495. The minimum atomic E-state index is 0. The Morgan fingerprint density at radius 3 is 2.22 bits per heavy atom. The van der Waals surface area contributed by atoms with Gasteiger partial charge in [-0.15, -0.1) is 0 Å². The van der Waals surface area contributed by atoms with Crippen LogP contribution in [0.5, 0.6) is 0 Å². The Bertz CT molecular complexity index is 81.0. The van der Waals surface area contributed by atoms with E-state index in [0.717, 1.165) is 19.5 Å². The number of ether oxygens (including phenoxy) is 1. The highest BCUT2D eigenvalue weighted by Crippen LogP contribution is 1.90. The average Bonchev–Trinajstić information content (AvgIpc) is 1.90. The molecule has 4 nitrogen and oxygen atoms in total. The maximum Gasteiger partial charge on any atom is 0.209 e. The molecule has 1 rings (SSSR count). The summed E-state index contributed by atoms with van der Waals surface area (Å²) in [6.45, 7) is 2.89. The molecule has 0 atom stereocenters. The summed E-state index contributed by atoms with van der Waals surface area (Å²) in [5.74, 6) is 0. The number of morpholine rings is 1. The van der Waals surface area contributed by atoms with Crippen LogP contribution in [0.4, 0.5) is 0 Å². The number of hydrogen-bond donors (Lipinski definition) is 1. The van der Waals surface area contributed by atoms with Gasteiger partial charge in [-0.2, -0.15) is 0 Å². The SMILES string of the molecule is N.O=CN1CCOCC1. The molecular formula is C5H12N2O2. The molecule has 3 N–H and O–H groups in total. The zero-order valence-electron chi connectivity index (χ0n) is 5.38. The molecule has 1 fully saturated rings. The molecular weight excluding hydrogens is 120 g/mol. The Kier molecular flexibility index (Phi) is 4.00. The second kappa shape index (κ2) is 4.29. The average molecular weight is 132 g/mol. The van der Waals surface area contributed by atoms with E-state index in [1.54, 1.807) is 4.90 Å². The summed E-state index contributed by atoms with van der Waals surface area (Å²) in [7, 11) is 0. The van der Waals surface area contributed by atoms with Crippen LogP contribution in [0.2, 0.25) is 0 Å². The van der Waals surface area contributed by atoms with Crippen molar-refractivity contribution in [3.63, 3.8) is 0 Å². The molecule has 0 radical (unpaired) electrons. The van der Waals surface area contributed by atoms with E-state index in [0.29, 0.717) is 13.2 Å². The highest BCUT2D eigenvalue weighted by molar-refractivity contribution is 5.46. The first kappa shape index (κ1) is 8.39. The maximum absolute atomic E-state index is 10.0. The van der Waals surface area contributed by atoms with Gasteiger partial charge in [-0.3, -0.25) is 4.79 Å². The van der Waals surface area contributed by atoms with Gasteiger partial charge in [0.25, 0.3) is 0 Å². The van der Waals surface area contributed by atoms with Gasteiger partial charge in [0, 0.05) is 13.1 Å². The fourth-order valence-electron chi connectivity index (χ4n) is 0.683. The Morgan fingerprint density at radius 1 is 1.33 bits per heavy atom.